The van der Waals surface area contributed by atoms with Crippen molar-refractivity contribution in [2.45, 2.75) is 103 Å². The molecule has 4 fully saturated rings. The Bertz CT molecular complexity index is 1500. The highest BCUT2D eigenvalue weighted by atomic mass is 19.3. The lowest BCUT2D eigenvalue weighted by molar-refractivity contribution is -0.135. The van der Waals surface area contributed by atoms with Crippen LogP contribution in [-0.4, -0.2) is 66.4 Å². The molecule has 4 atom stereocenters. The SMILES string of the molecule is CCC[C@@H](C)CCC(NC(=O)c1ccnn1CC)c1cn2nc(CC3C(=O)NC4CC3C4)c(C3COCCC3(F)F)nc2n1. The summed E-state index contributed by atoms with van der Waals surface area (Å²) in [6.07, 6.45) is 8.56. The Morgan fingerprint density at radius 2 is 2.05 bits per heavy atom. The van der Waals surface area contributed by atoms with Crippen molar-refractivity contribution < 1.29 is 23.1 Å². The van der Waals surface area contributed by atoms with Crippen LogP contribution in [-0.2, 0) is 22.5 Å². The van der Waals surface area contributed by atoms with Gasteiger partial charge in [0.05, 0.1) is 48.5 Å². The van der Waals surface area contributed by atoms with Gasteiger partial charge in [-0.25, -0.2) is 23.3 Å². The van der Waals surface area contributed by atoms with E-state index in [1.807, 2.05) is 6.92 Å². The van der Waals surface area contributed by atoms with Gasteiger partial charge in [0.2, 0.25) is 5.91 Å². The lowest BCUT2D eigenvalue weighted by Crippen LogP contribution is -2.57. The van der Waals surface area contributed by atoms with Crippen molar-refractivity contribution in [1.29, 1.82) is 0 Å². The number of piperidine rings is 2. The third kappa shape index (κ3) is 6.07. The van der Waals surface area contributed by atoms with Crippen molar-refractivity contribution in [3.63, 3.8) is 0 Å². The topological polar surface area (TPSA) is 128 Å². The number of halogens is 2. The lowest BCUT2D eigenvalue weighted by atomic mass is 9.67. The Balaban J connectivity index is 1.36. The summed E-state index contributed by atoms with van der Waals surface area (Å²) in [6, 6.07) is 1.44. The Kier molecular flexibility index (Phi) is 8.67. The number of carbonyl (C=O) groups is 2. The zero-order valence-corrected chi connectivity index (χ0v) is 25.6. The number of rotatable bonds is 12. The molecule has 3 unspecified atom stereocenters. The first-order valence-electron chi connectivity index (χ1n) is 16.0. The van der Waals surface area contributed by atoms with Crippen LogP contribution in [0.5, 0.6) is 0 Å². The molecule has 3 aliphatic heterocycles. The predicted molar refractivity (Wildman–Crippen MR) is 157 cm³/mol. The lowest BCUT2D eigenvalue weighted by Gasteiger charge is -2.46. The van der Waals surface area contributed by atoms with E-state index < -0.39 is 24.3 Å². The van der Waals surface area contributed by atoms with Gasteiger partial charge in [0, 0.05) is 37.5 Å². The second kappa shape index (κ2) is 12.5. The molecule has 3 aromatic heterocycles. The van der Waals surface area contributed by atoms with Crippen molar-refractivity contribution in [3.05, 3.63) is 41.2 Å². The number of nitrogens with zero attached hydrogens (tertiary/aromatic N) is 6. The largest absolute Gasteiger partial charge is 0.380 e. The molecule has 4 aliphatic rings. The van der Waals surface area contributed by atoms with Crippen molar-refractivity contribution in [1.82, 2.24) is 40.0 Å². The Morgan fingerprint density at radius 1 is 1.23 bits per heavy atom. The van der Waals surface area contributed by atoms with E-state index in [0.717, 1.165) is 32.1 Å². The maximum Gasteiger partial charge on any atom is 0.270 e. The Hall–Kier alpha value is -3.48. The van der Waals surface area contributed by atoms with Gasteiger partial charge >= 0.3 is 0 Å². The van der Waals surface area contributed by atoms with Gasteiger partial charge in [-0.2, -0.15) is 10.2 Å². The smallest absolute Gasteiger partial charge is 0.270 e. The number of aromatic nitrogens is 6. The fourth-order valence-electron chi connectivity index (χ4n) is 6.95. The molecule has 0 radical (unpaired) electrons. The van der Waals surface area contributed by atoms with Crippen molar-refractivity contribution in [3.8, 4) is 0 Å². The minimum absolute atomic E-state index is 0.0225. The number of ether oxygens (including phenoxy) is 1. The molecule has 13 heteroatoms. The predicted octanol–water partition coefficient (Wildman–Crippen LogP) is 4.23. The van der Waals surface area contributed by atoms with E-state index in [2.05, 4.69) is 34.6 Å². The van der Waals surface area contributed by atoms with Crippen LogP contribution in [0.1, 0.15) is 105 Å². The zero-order valence-electron chi connectivity index (χ0n) is 25.6. The fourth-order valence-corrected chi connectivity index (χ4v) is 6.95. The average Bonchev–Trinajstić information content (AvgIpc) is 3.62. The van der Waals surface area contributed by atoms with Crippen LogP contribution in [0.15, 0.2) is 18.5 Å². The van der Waals surface area contributed by atoms with Crippen LogP contribution in [0, 0.1) is 17.8 Å². The summed E-state index contributed by atoms with van der Waals surface area (Å²) in [6.45, 7) is 6.61. The van der Waals surface area contributed by atoms with Gasteiger partial charge in [-0.1, -0.05) is 26.7 Å². The van der Waals surface area contributed by atoms with E-state index in [-0.39, 0.29) is 60.8 Å². The third-order valence-corrected chi connectivity index (χ3v) is 9.62. The molecular formula is C31H42F2N8O3. The molecule has 238 valence electrons. The molecule has 1 aliphatic carbocycles. The summed E-state index contributed by atoms with van der Waals surface area (Å²) in [4.78, 5) is 35.6. The molecule has 6 heterocycles. The number of hydrogen-bond donors (Lipinski definition) is 2. The maximum atomic E-state index is 15.3. The van der Waals surface area contributed by atoms with E-state index in [1.54, 1.807) is 23.1 Å². The Morgan fingerprint density at radius 3 is 2.77 bits per heavy atom. The third-order valence-electron chi connectivity index (χ3n) is 9.62. The molecule has 0 aromatic carbocycles. The Labute approximate surface area is 255 Å². The summed E-state index contributed by atoms with van der Waals surface area (Å²) in [5.74, 6) is -4.14. The second-order valence-corrected chi connectivity index (χ2v) is 12.8. The molecule has 7 rings (SSSR count). The first-order chi connectivity index (χ1) is 21.2. The zero-order chi connectivity index (χ0) is 31.0. The monoisotopic (exact) mass is 612 g/mol. The van der Waals surface area contributed by atoms with E-state index in [9.17, 15) is 9.59 Å². The molecule has 2 N–H and O–H groups in total. The van der Waals surface area contributed by atoms with E-state index in [1.165, 1.54) is 4.52 Å². The summed E-state index contributed by atoms with van der Waals surface area (Å²) >= 11 is 0. The summed E-state index contributed by atoms with van der Waals surface area (Å²) in [5, 5.41) is 15.2. The molecule has 11 nitrogen and oxygen atoms in total. The van der Waals surface area contributed by atoms with E-state index in [0.29, 0.717) is 36.0 Å². The van der Waals surface area contributed by atoms with Gasteiger partial charge in [0.25, 0.3) is 17.6 Å². The number of nitrogens with one attached hydrogen (secondary N) is 2. The second-order valence-electron chi connectivity index (χ2n) is 12.8. The molecule has 3 saturated heterocycles. The van der Waals surface area contributed by atoms with E-state index in [4.69, 9.17) is 14.8 Å². The van der Waals surface area contributed by atoms with Gasteiger partial charge in [0.15, 0.2) is 0 Å². The highest BCUT2D eigenvalue weighted by Crippen LogP contribution is 2.43. The van der Waals surface area contributed by atoms with Gasteiger partial charge in [0.1, 0.15) is 5.69 Å². The maximum absolute atomic E-state index is 15.3. The highest BCUT2D eigenvalue weighted by Gasteiger charge is 2.48. The van der Waals surface area contributed by atoms with Crippen LogP contribution in [0.3, 0.4) is 0 Å². The van der Waals surface area contributed by atoms with Gasteiger partial charge < -0.3 is 15.4 Å². The van der Waals surface area contributed by atoms with Crippen LogP contribution in [0.4, 0.5) is 8.78 Å². The van der Waals surface area contributed by atoms with E-state index >= 15 is 8.78 Å². The number of alkyl halides is 2. The molecule has 2 amide bonds. The molecule has 0 spiro atoms. The van der Waals surface area contributed by atoms with Crippen LogP contribution in [0.2, 0.25) is 0 Å². The quantitative estimate of drug-likeness (QED) is 0.313. The summed E-state index contributed by atoms with van der Waals surface area (Å²) in [5.41, 5.74) is 1.51. The first kappa shape index (κ1) is 30.5. The van der Waals surface area contributed by atoms with Crippen molar-refractivity contribution >= 4 is 17.6 Å². The average molecular weight is 613 g/mol. The standard InChI is InChI=1S/C31H42F2N8O3/c1-4-6-18(3)7-8-23(36-29(43)26-9-11-34-40(26)5-2)25-16-41-30(37-25)38-27(22-17-44-12-10-31(22,32)33)24(39-41)15-21-19-13-20(14-19)35-28(21)42/h9,11,16,18-23H,4-8,10,12-15,17H2,1-3H3,(H,35,42)(H,36,43)/t18-,19?,20?,21?,22?,23?/m1/s1. The molecular weight excluding hydrogens is 570 g/mol. The van der Waals surface area contributed by atoms with Crippen molar-refractivity contribution in [2.24, 2.45) is 17.8 Å². The number of hydrogen-bond acceptors (Lipinski definition) is 7. The van der Waals surface area contributed by atoms with Crippen LogP contribution in [0.25, 0.3) is 5.78 Å². The van der Waals surface area contributed by atoms with Crippen LogP contribution >= 0.6 is 0 Å². The number of carbonyl (C=O) groups excluding carboxylic acids is 2. The number of aryl methyl sites for hydroxylation is 1. The molecule has 44 heavy (non-hydrogen) atoms. The molecule has 2 bridgehead atoms. The highest BCUT2D eigenvalue weighted by molar-refractivity contribution is 5.92. The normalized spacial score (nSPS) is 25.7. The minimum Gasteiger partial charge on any atom is -0.380 e. The van der Waals surface area contributed by atoms with Gasteiger partial charge in [-0.15, -0.1) is 0 Å². The number of amides is 2. The van der Waals surface area contributed by atoms with Crippen LogP contribution < -0.4 is 10.6 Å². The van der Waals surface area contributed by atoms with Gasteiger partial charge in [-0.3, -0.25) is 14.3 Å². The molecule has 3 aromatic rings. The fraction of sp³-hybridized carbons (Fsp3) is 0.677. The van der Waals surface area contributed by atoms with Crippen molar-refractivity contribution in [2.75, 3.05) is 13.2 Å². The first-order valence-corrected chi connectivity index (χ1v) is 16.0. The number of imidazole rings is 1. The minimum atomic E-state index is -3.03. The van der Waals surface area contributed by atoms with Gasteiger partial charge in [-0.05, 0) is 50.5 Å². The molecule has 1 saturated carbocycles. The summed E-state index contributed by atoms with van der Waals surface area (Å²) in [7, 11) is 0. The number of fused-ring (bicyclic) bond motifs is 3. The summed E-state index contributed by atoms with van der Waals surface area (Å²) < 4.78 is 39.2.